The number of para-hydroxylation sites is 1. The molecule has 0 spiro atoms. The fourth-order valence-corrected chi connectivity index (χ4v) is 5.73. The summed E-state index contributed by atoms with van der Waals surface area (Å²) in [7, 11) is 0. The van der Waals surface area contributed by atoms with Crippen molar-refractivity contribution in [1.82, 2.24) is 5.32 Å². The molecule has 0 aliphatic carbocycles. The molecular weight excluding hydrogens is 486 g/mol. The number of carbonyl (C=O) groups excluding carboxylic acids is 1. The molecule has 1 amide bonds. The quantitative estimate of drug-likeness (QED) is 0.245. The third-order valence-electron chi connectivity index (χ3n) is 7.64. The Kier molecular flexibility index (Phi) is 6.84. The molecule has 2 atom stereocenters. The highest BCUT2D eigenvalue weighted by molar-refractivity contribution is 5.88. The highest BCUT2D eigenvalue weighted by Crippen LogP contribution is 2.37. The van der Waals surface area contributed by atoms with Crippen LogP contribution in [0, 0.1) is 6.92 Å². The highest BCUT2D eigenvalue weighted by Gasteiger charge is 2.32. The van der Waals surface area contributed by atoms with Crippen molar-refractivity contribution in [2.45, 2.75) is 44.9 Å². The van der Waals surface area contributed by atoms with Crippen LogP contribution in [0.15, 0.2) is 84.9 Å². The number of rotatable bonds is 7. The minimum Gasteiger partial charge on any atom is -0.508 e. The third kappa shape index (κ3) is 5.41. The van der Waals surface area contributed by atoms with Crippen LogP contribution in [0.2, 0.25) is 0 Å². The molecule has 2 aliphatic rings. The van der Waals surface area contributed by atoms with Crippen molar-refractivity contribution in [3.8, 4) is 11.5 Å². The van der Waals surface area contributed by atoms with Gasteiger partial charge in [-0.3, -0.25) is 4.79 Å². The van der Waals surface area contributed by atoms with Gasteiger partial charge in [0.25, 0.3) is 0 Å². The Morgan fingerprint density at radius 2 is 1.77 bits per heavy atom. The lowest BCUT2D eigenvalue weighted by atomic mass is 9.90. The first-order valence-corrected chi connectivity index (χ1v) is 13.5. The molecule has 6 heteroatoms. The van der Waals surface area contributed by atoms with Crippen LogP contribution < -0.4 is 20.7 Å². The van der Waals surface area contributed by atoms with Gasteiger partial charge in [-0.2, -0.15) is 0 Å². The second kappa shape index (κ2) is 10.7. The maximum absolute atomic E-state index is 13.5. The van der Waals surface area contributed by atoms with Gasteiger partial charge in [0.1, 0.15) is 24.1 Å². The normalized spacial score (nSPS) is 17.4. The fraction of sp³-hybridized carbons (Fsp3) is 0.242. The number of hydrogen-bond donors (Lipinski definition) is 4. The predicted octanol–water partition coefficient (Wildman–Crippen LogP) is 5.88. The molecule has 2 unspecified atom stereocenters. The van der Waals surface area contributed by atoms with E-state index < -0.39 is 0 Å². The number of phenolic OH excluding ortho intramolecular Hbond substituents is 1. The van der Waals surface area contributed by atoms with Crippen LogP contribution in [-0.2, 0) is 24.2 Å². The molecule has 2 aliphatic heterocycles. The minimum absolute atomic E-state index is 0.0292. The van der Waals surface area contributed by atoms with E-state index in [2.05, 4.69) is 52.3 Å². The predicted molar refractivity (Wildman–Crippen MR) is 154 cm³/mol. The lowest BCUT2D eigenvalue weighted by molar-refractivity contribution is -0.122. The van der Waals surface area contributed by atoms with Crippen LogP contribution in [0.3, 0.4) is 0 Å². The van der Waals surface area contributed by atoms with Gasteiger partial charge < -0.3 is 25.8 Å². The van der Waals surface area contributed by atoms with Gasteiger partial charge in [-0.1, -0.05) is 54.6 Å². The summed E-state index contributed by atoms with van der Waals surface area (Å²) >= 11 is 0. The number of carbonyl (C=O) groups is 1. The molecule has 0 aromatic heterocycles. The zero-order chi connectivity index (χ0) is 26.8. The van der Waals surface area contributed by atoms with E-state index in [1.807, 2.05) is 43.3 Å². The van der Waals surface area contributed by atoms with Crippen molar-refractivity contribution in [3.63, 3.8) is 0 Å². The summed E-state index contributed by atoms with van der Waals surface area (Å²) in [4.78, 5) is 13.5. The van der Waals surface area contributed by atoms with E-state index in [1.165, 1.54) is 11.1 Å². The van der Waals surface area contributed by atoms with Crippen LogP contribution in [0.4, 0.5) is 11.4 Å². The van der Waals surface area contributed by atoms with Crippen LogP contribution in [0.25, 0.3) is 0 Å². The highest BCUT2D eigenvalue weighted by atomic mass is 16.5. The minimum atomic E-state index is -0.368. The van der Waals surface area contributed by atoms with Crippen molar-refractivity contribution >= 4 is 17.3 Å². The number of fused-ring (bicyclic) bond motifs is 2. The summed E-state index contributed by atoms with van der Waals surface area (Å²) in [5, 5.41) is 20.2. The topological polar surface area (TPSA) is 82.6 Å². The number of hydrogen-bond acceptors (Lipinski definition) is 5. The molecule has 0 radical (unpaired) electrons. The van der Waals surface area contributed by atoms with Crippen LogP contribution in [-0.4, -0.2) is 23.6 Å². The number of ether oxygens (including phenoxy) is 1. The Bertz CT molecular complexity index is 1490. The zero-order valence-electron chi connectivity index (χ0n) is 22.0. The van der Waals surface area contributed by atoms with Crippen molar-refractivity contribution in [1.29, 1.82) is 0 Å². The summed E-state index contributed by atoms with van der Waals surface area (Å²) < 4.78 is 6.16. The Hall–Kier alpha value is -4.45. The SMILES string of the molecule is Cc1cc(O)cc2c1CC(C(=O)NC1CCNc3c(COc4ccccc4)cc(Cc4ccccc4)cc31)N2. The van der Waals surface area contributed by atoms with E-state index in [0.29, 0.717) is 13.0 Å². The summed E-state index contributed by atoms with van der Waals surface area (Å²) in [6.07, 6.45) is 2.21. The maximum Gasteiger partial charge on any atom is 0.243 e. The molecule has 0 bridgehead atoms. The molecule has 0 saturated carbocycles. The van der Waals surface area contributed by atoms with Crippen molar-refractivity contribution in [2.24, 2.45) is 0 Å². The molecule has 6 nitrogen and oxygen atoms in total. The number of benzene rings is 4. The number of aryl methyl sites for hydroxylation is 1. The molecule has 0 saturated heterocycles. The number of amides is 1. The van der Waals surface area contributed by atoms with E-state index in [0.717, 1.165) is 58.8 Å². The van der Waals surface area contributed by atoms with E-state index in [4.69, 9.17) is 4.74 Å². The summed E-state index contributed by atoms with van der Waals surface area (Å²) in [6.45, 7) is 3.17. The second-order valence-corrected chi connectivity index (χ2v) is 10.4. The van der Waals surface area contributed by atoms with Crippen molar-refractivity contribution in [2.75, 3.05) is 17.2 Å². The van der Waals surface area contributed by atoms with Gasteiger partial charge in [0, 0.05) is 36.0 Å². The first-order valence-electron chi connectivity index (χ1n) is 13.5. The van der Waals surface area contributed by atoms with Gasteiger partial charge in [0.15, 0.2) is 0 Å². The standard InChI is InChI=1S/C33H33N3O3/c1-21-14-25(37)18-30-27(21)19-31(35-30)33(38)36-29-12-13-34-32-24(20-39-26-10-6-3-7-11-26)16-23(17-28(29)32)15-22-8-4-2-5-9-22/h2-11,14,16-18,29,31,34-35,37H,12-13,15,19-20H2,1H3,(H,36,38). The lowest BCUT2D eigenvalue weighted by Gasteiger charge is -2.31. The van der Waals surface area contributed by atoms with Gasteiger partial charge in [-0.05, 0) is 71.8 Å². The van der Waals surface area contributed by atoms with Gasteiger partial charge in [-0.25, -0.2) is 0 Å². The average molecular weight is 520 g/mol. The van der Waals surface area contributed by atoms with Gasteiger partial charge in [0.2, 0.25) is 5.91 Å². The van der Waals surface area contributed by atoms with Gasteiger partial charge in [-0.15, -0.1) is 0 Å². The van der Waals surface area contributed by atoms with Crippen LogP contribution in [0.5, 0.6) is 11.5 Å². The molecule has 2 heterocycles. The van der Waals surface area contributed by atoms with Crippen molar-refractivity contribution in [3.05, 3.63) is 118 Å². The number of phenols is 1. The second-order valence-electron chi connectivity index (χ2n) is 10.4. The van der Waals surface area contributed by atoms with E-state index in [-0.39, 0.29) is 23.7 Å². The number of anilines is 2. The molecule has 39 heavy (non-hydrogen) atoms. The van der Waals surface area contributed by atoms with E-state index in [1.54, 1.807) is 12.1 Å². The molecule has 4 N–H and O–H groups in total. The fourth-order valence-electron chi connectivity index (χ4n) is 5.73. The Morgan fingerprint density at radius 1 is 1.00 bits per heavy atom. The molecule has 4 aromatic rings. The Morgan fingerprint density at radius 3 is 2.56 bits per heavy atom. The first-order chi connectivity index (χ1) is 19.0. The average Bonchev–Trinajstić information content (AvgIpc) is 3.38. The summed E-state index contributed by atoms with van der Waals surface area (Å²) in [5.74, 6) is 1.01. The van der Waals surface area contributed by atoms with Crippen molar-refractivity contribution < 1.29 is 14.6 Å². The summed E-state index contributed by atoms with van der Waals surface area (Å²) in [6, 6.07) is 27.7. The first kappa shape index (κ1) is 24.9. The van der Waals surface area contributed by atoms with Gasteiger partial charge >= 0.3 is 0 Å². The molecule has 4 aromatic carbocycles. The lowest BCUT2D eigenvalue weighted by Crippen LogP contribution is -2.42. The molecule has 0 fully saturated rings. The monoisotopic (exact) mass is 519 g/mol. The number of aromatic hydroxyl groups is 1. The van der Waals surface area contributed by atoms with Crippen LogP contribution >= 0.6 is 0 Å². The summed E-state index contributed by atoms with van der Waals surface area (Å²) in [5.41, 5.74) is 8.57. The molecule has 198 valence electrons. The largest absolute Gasteiger partial charge is 0.508 e. The zero-order valence-corrected chi connectivity index (χ0v) is 22.0. The number of nitrogens with one attached hydrogen (secondary N) is 3. The Balaban J connectivity index is 1.26. The maximum atomic E-state index is 13.5. The molecule has 6 rings (SSSR count). The third-order valence-corrected chi connectivity index (χ3v) is 7.64. The van der Waals surface area contributed by atoms with Gasteiger partial charge in [0.05, 0.1) is 6.04 Å². The van der Waals surface area contributed by atoms with Crippen LogP contribution in [0.1, 0.15) is 45.8 Å². The van der Waals surface area contributed by atoms with E-state index in [9.17, 15) is 9.90 Å². The van der Waals surface area contributed by atoms with E-state index >= 15 is 0 Å². The molecular formula is C33H33N3O3. The smallest absolute Gasteiger partial charge is 0.243 e. The Labute approximate surface area is 229 Å².